The number of aromatic amines is 1. The molecular weight excluding hydrogens is 278 g/mol. The average Bonchev–Trinajstić information content (AvgIpc) is 3.04. The molecule has 0 aliphatic rings. The largest absolute Gasteiger partial charge is 0.348 e. The summed E-state index contributed by atoms with van der Waals surface area (Å²) >= 11 is 8.15. The standard InChI is InChI=1S/C14H14ClN3S/c15-14-11-3-1-2-4-12(11)19-13(14)8-16-6-5-10-7-17-9-18-10/h1-4,7,9,16H,5-6,8H2,(H,17,18). The Balaban J connectivity index is 1.61. The normalized spacial score (nSPS) is 11.2. The van der Waals surface area contributed by atoms with Crippen LogP contribution in [-0.2, 0) is 13.0 Å². The number of nitrogens with one attached hydrogen (secondary N) is 2. The summed E-state index contributed by atoms with van der Waals surface area (Å²) in [5, 5.41) is 5.46. The number of thiophene rings is 1. The van der Waals surface area contributed by atoms with Gasteiger partial charge in [0.05, 0.1) is 11.3 Å². The molecule has 0 aliphatic heterocycles. The fraction of sp³-hybridized carbons (Fsp3) is 0.214. The first-order valence-electron chi connectivity index (χ1n) is 6.18. The Hall–Kier alpha value is -1.36. The Morgan fingerprint density at radius 3 is 3.00 bits per heavy atom. The van der Waals surface area contributed by atoms with Gasteiger partial charge in [-0.1, -0.05) is 29.8 Å². The first kappa shape index (κ1) is 12.7. The number of imidazole rings is 1. The van der Waals surface area contributed by atoms with E-state index >= 15 is 0 Å². The SMILES string of the molecule is Clc1c(CNCCc2cnc[nH]2)sc2ccccc12. The maximum atomic E-state index is 6.39. The molecule has 3 rings (SSSR count). The quantitative estimate of drug-likeness (QED) is 0.705. The molecule has 0 aliphatic carbocycles. The summed E-state index contributed by atoms with van der Waals surface area (Å²) in [5.41, 5.74) is 1.15. The van der Waals surface area contributed by atoms with E-state index in [-0.39, 0.29) is 0 Å². The molecule has 0 radical (unpaired) electrons. The van der Waals surface area contributed by atoms with Crippen LogP contribution < -0.4 is 5.32 Å². The van der Waals surface area contributed by atoms with Crippen LogP contribution in [0.2, 0.25) is 5.02 Å². The van der Waals surface area contributed by atoms with Gasteiger partial charge in [-0.15, -0.1) is 11.3 Å². The summed E-state index contributed by atoms with van der Waals surface area (Å²) in [6.45, 7) is 1.72. The van der Waals surface area contributed by atoms with Gasteiger partial charge in [-0.05, 0) is 6.07 Å². The third-order valence-corrected chi connectivity index (χ3v) is 4.73. The van der Waals surface area contributed by atoms with Crippen molar-refractivity contribution >= 4 is 33.0 Å². The number of aromatic nitrogens is 2. The van der Waals surface area contributed by atoms with E-state index in [1.54, 1.807) is 17.7 Å². The molecule has 0 spiro atoms. The lowest BCUT2D eigenvalue weighted by molar-refractivity contribution is 0.688. The molecule has 3 aromatic rings. The second-order valence-electron chi connectivity index (χ2n) is 4.34. The van der Waals surface area contributed by atoms with Crippen LogP contribution >= 0.6 is 22.9 Å². The number of benzene rings is 1. The average molecular weight is 292 g/mol. The van der Waals surface area contributed by atoms with Crippen molar-refractivity contribution in [1.82, 2.24) is 15.3 Å². The Labute approximate surface area is 120 Å². The summed E-state index contributed by atoms with van der Waals surface area (Å²) in [6.07, 6.45) is 4.51. The van der Waals surface area contributed by atoms with Crippen molar-refractivity contribution in [3.05, 3.63) is 52.4 Å². The van der Waals surface area contributed by atoms with E-state index in [9.17, 15) is 0 Å². The zero-order valence-electron chi connectivity index (χ0n) is 10.3. The van der Waals surface area contributed by atoms with Crippen LogP contribution in [0.25, 0.3) is 10.1 Å². The van der Waals surface area contributed by atoms with E-state index in [2.05, 4.69) is 27.4 Å². The van der Waals surface area contributed by atoms with E-state index in [4.69, 9.17) is 11.6 Å². The summed E-state index contributed by atoms with van der Waals surface area (Å²) < 4.78 is 1.25. The van der Waals surface area contributed by atoms with Gasteiger partial charge in [0.1, 0.15) is 0 Å². The van der Waals surface area contributed by atoms with Crippen molar-refractivity contribution in [1.29, 1.82) is 0 Å². The number of hydrogen-bond donors (Lipinski definition) is 2. The van der Waals surface area contributed by atoms with Crippen molar-refractivity contribution in [2.75, 3.05) is 6.54 Å². The highest BCUT2D eigenvalue weighted by molar-refractivity contribution is 7.19. The number of hydrogen-bond acceptors (Lipinski definition) is 3. The third-order valence-electron chi connectivity index (χ3n) is 3.01. The molecule has 0 atom stereocenters. The topological polar surface area (TPSA) is 40.7 Å². The predicted molar refractivity (Wildman–Crippen MR) is 80.8 cm³/mol. The molecule has 2 N–H and O–H groups in total. The van der Waals surface area contributed by atoms with Gasteiger partial charge in [-0.2, -0.15) is 0 Å². The number of fused-ring (bicyclic) bond motifs is 1. The summed E-state index contributed by atoms with van der Waals surface area (Å²) in [5.74, 6) is 0. The van der Waals surface area contributed by atoms with E-state index in [1.807, 2.05) is 18.3 Å². The first-order chi connectivity index (χ1) is 9.34. The maximum Gasteiger partial charge on any atom is 0.0921 e. The van der Waals surface area contributed by atoms with Gasteiger partial charge in [0.25, 0.3) is 0 Å². The first-order valence-corrected chi connectivity index (χ1v) is 7.38. The molecule has 0 fully saturated rings. The molecule has 0 saturated heterocycles. The van der Waals surface area contributed by atoms with Crippen molar-refractivity contribution < 1.29 is 0 Å². The van der Waals surface area contributed by atoms with Crippen LogP contribution in [0.15, 0.2) is 36.8 Å². The highest BCUT2D eigenvalue weighted by atomic mass is 35.5. The highest BCUT2D eigenvalue weighted by Gasteiger charge is 2.08. The van der Waals surface area contributed by atoms with Crippen LogP contribution in [0, 0.1) is 0 Å². The van der Waals surface area contributed by atoms with Crippen LogP contribution in [0.4, 0.5) is 0 Å². The van der Waals surface area contributed by atoms with Gasteiger partial charge < -0.3 is 10.3 Å². The summed E-state index contributed by atoms with van der Waals surface area (Å²) in [7, 11) is 0. The van der Waals surface area contributed by atoms with Gasteiger partial charge in [0.15, 0.2) is 0 Å². The van der Waals surface area contributed by atoms with Gasteiger partial charge in [-0.25, -0.2) is 4.98 Å². The second kappa shape index (κ2) is 5.74. The van der Waals surface area contributed by atoms with Gasteiger partial charge in [0, 0.05) is 46.4 Å². The van der Waals surface area contributed by atoms with E-state index < -0.39 is 0 Å². The zero-order valence-corrected chi connectivity index (χ0v) is 11.9. The van der Waals surface area contributed by atoms with Gasteiger partial charge in [-0.3, -0.25) is 0 Å². The monoisotopic (exact) mass is 291 g/mol. The molecule has 0 saturated carbocycles. The maximum absolute atomic E-state index is 6.39. The Kier molecular flexibility index (Phi) is 3.82. The van der Waals surface area contributed by atoms with Crippen molar-refractivity contribution in [3.63, 3.8) is 0 Å². The van der Waals surface area contributed by atoms with E-state index in [0.29, 0.717) is 0 Å². The number of halogens is 1. The molecule has 0 amide bonds. The number of nitrogens with zero attached hydrogens (tertiary/aromatic N) is 1. The van der Waals surface area contributed by atoms with Crippen LogP contribution in [0.1, 0.15) is 10.6 Å². The summed E-state index contributed by atoms with van der Waals surface area (Å²) in [4.78, 5) is 8.30. The molecule has 5 heteroatoms. The Morgan fingerprint density at radius 2 is 2.21 bits per heavy atom. The minimum absolute atomic E-state index is 0.812. The van der Waals surface area contributed by atoms with Gasteiger partial charge in [0.2, 0.25) is 0 Å². The highest BCUT2D eigenvalue weighted by Crippen LogP contribution is 2.34. The number of rotatable bonds is 5. The molecule has 98 valence electrons. The lowest BCUT2D eigenvalue weighted by Gasteiger charge is -2.02. The smallest absolute Gasteiger partial charge is 0.0921 e. The molecule has 0 unspecified atom stereocenters. The minimum Gasteiger partial charge on any atom is -0.348 e. The third kappa shape index (κ3) is 2.81. The van der Waals surface area contributed by atoms with Crippen LogP contribution in [-0.4, -0.2) is 16.5 Å². The predicted octanol–water partition coefficient (Wildman–Crippen LogP) is 3.61. The minimum atomic E-state index is 0.812. The summed E-state index contributed by atoms with van der Waals surface area (Å²) in [6, 6.07) is 8.25. The molecule has 3 nitrogen and oxygen atoms in total. The van der Waals surface area contributed by atoms with Crippen LogP contribution in [0.5, 0.6) is 0 Å². The number of H-pyrrole nitrogens is 1. The fourth-order valence-electron chi connectivity index (χ4n) is 2.02. The molecule has 1 aromatic carbocycles. The molecule has 2 aromatic heterocycles. The lowest BCUT2D eigenvalue weighted by Crippen LogP contribution is -2.16. The molecule has 0 bridgehead atoms. The molecular formula is C14H14ClN3S. The Morgan fingerprint density at radius 1 is 1.32 bits per heavy atom. The Bertz CT molecular complexity index is 660. The van der Waals surface area contributed by atoms with E-state index in [1.165, 1.54) is 9.58 Å². The van der Waals surface area contributed by atoms with Crippen LogP contribution in [0.3, 0.4) is 0 Å². The molecule has 2 heterocycles. The van der Waals surface area contributed by atoms with Crippen molar-refractivity contribution in [2.24, 2.45) is 0 Å². The fourth-order valence-corrected chi connectivity index (χ4v) is 3.49. The van der Waals surface area contributed by atoms with Crippen molar-refractivity contribution in [2.45, 2.75) is 13.0 Å². The lowest BCUT2D eigenvalue weighted by atomic mass is 10.2. The van der Waals surface area contributed by atoms with Gasteiger partial charge >= 0.3 is 0 Å². The van der Waals surface area contributed by atoms with Crippen molar-refractivity contribution in [3.8, 4) is 0 Å². The molecule has 19 heavy (non-hydrogen) atoms. The second-order valence-corrected chi connectivity index (χ2v) is 5.85. The zero-order chi connectivity index (χ0) is 13.1. The van der Waals surface area contributed by atoms with E-state index in [0.717, 1.165) is 35.6 Å².